The highest BCUT2D eigenvalue weighted by Gasteiger charge is 2.48. The molecule has 9 nitrogen and oxygen atoms in total. The number of rotatable bonds is 7. The van der Waals surface area contributed by atoms with Crippen molar-refractivity contribution in [1.82, 2.24) is 15.3 Å². The van der Waals surface area contributed by atoms with Gasteiger partial charge in [-0.15, -0.1) is 0 Å². The molecule has 30 heavy (non-hydrogen) atoms. The monoisotopic (exact) mass is 416 g/mol. The lowest BCUT2D eigenvalue weighted by Crippen LogP contribution is -2.44. The van der Waals surface area contributed by atoms with Gasteiger partial charge in [0.2, 0.25) is 11.9 Å². The molecule has 2 aliphatic rings. The van der Waals surface area contributed by atoms with Gasteiger partial charge in [0.1, 0.15) is 18.0 Å². The molecular formula is C20H21FN4O5. The Hall–Kier alpha value is -3.11. The standard InChI is InChI=1S/C20H21FN4O5/c21-12-3-1-2-11(8-12)13-6-7-22-20(24-13)25-15-10-30-18-14(9-29-19(15)18)23-16(26)4-5-17(27)28/h1-3,6-8,14-15,18-19H,4-5,9-10H2,(H,23,26)(H,27,28)(H,22,24,25)/t14-,15-,18+,19+/m0/s1. The maximum absolute atomic E-state index is 13.5. The first kappa shape index (κ1) is 20.2. The zero-order valence-electron chi connectivity index (χ0n) is 16.0. The van der Waals surface area contributed by atoms with Crippen LogP contribution in [0.1, 0.15) is 12.8 Å². The van der Waals surface area contributed by atoms with Crippen molar-refractivity contribution in [1.29, 1.82) is 0 Å². The molecule has 2 fully saturated rings. The predicted octanol–water partition coefficient (Wildman–Crippen LogP) is 1.21. The molecular weight excluding hydrogens is 395 g/mol. The molecule has 0 radical (unpaired) electrons. The number of nitrogens with one attached hydrogen (secondary N) is 2. The minimum Gasteiger partial charge on any atom is -0.481 e. The molecule has 2 aromatic rings. The fraction of sp³-hybridized carbons (Fsp3) is 0.400. The van der Waals surface area contributed by atoms with E-state index < -0.39 is 5.97 Å². The molecule has 0 unspecified atom stereocenters. The molecule has 0 spiro atoms. The second-order valence-electron chi connectivity index (χ2n) is 7.19. The van der Waals surface area contributed by atoms with Gasteiger partial charge >= 0.3 is 5.97 Å². The molecule has 3 N–H and O–H groups in total. The summed E-state index contributed by atoms with van der Waals surface area (Å²) >= 11 is 0. The van der Waals surface area contributed by atoms with Crippen molar-refractivity contribution in [3.8, 4) is 11.3 Å². The normalized spacial score (nSPS) is 25.0. The van der Waals surface area contributed by atoms with E-state index >= 15 is 0 Å². The number of halogens is 1. The van der Waals surface area contributed by atoms with Crippen LogP contribution in [0.25, 0.3) is 11.3 Å². The first-order chi connectivity index (χ1) is 14.5. The van der Waals surface area contributed by atoms with Gasteiger partial charge in [0.25, 0.3) is 0 Å². The van der Waals surface area contributed by atoms with Crippen LogP contribution in [0.2, 0.25) is 0 Å². The van der Waals surface area contributed by atoms with Crippen molar-refractivity contribution >= 4 is 17.8 Å². The highest BCUT2D eigenvalue weighted by Crippen LogP contribution is 2.29. The van der Waals surface area contributed by atoms with Crippen LogP contribution < -0.4 is 10.6 Å². The van der Waals surface area contributed by atoms with E-state index in [1.54, 1.807) is 24.4 Å². The molecule has 0 saturated carbocycles. The summed E-state index contributed by atoms with van der Waals surface area (Å²) in [5.74, 6) is -1.35. The number of carboxylic acids is 1. The van der Waals surface area contributed by atoms with Crippen LogP contribution >= 0.6 is 0 Å². The first-order valence-corrected chi connectivity index (χ1v) is 9.59. The Balaban J connectivity index is 1.38. The summed E-state index contributed by atoms with van der Waals surface area (Å²) in [4.78, 5) is 31.2. The number of hydrogen-bond donors (Lipinski definition) is 3. The molecule has 2 saturated heterocycles. The number of carboxylic acid groups (broad SMARTS) is 1. The van der Waals surface area contributed by atoms with E-state index in [0.717, 1.165) is 0 Å². The molecule has 3 heterocycles. The lowest BCUT2D eigenvalue weighted by Gasteiger charge is -2.18. The fourth-order valence-corrected chi connectivity index (χ4v) is 3.65. The second-order valence-corrected chi connectivity index (χ2v) is 7.19. The largest absolute Gasteiger partial charge is 0.481 e. The molecule has 2 aliphatic heterocycles. The average Bonchev–Trinajstić information content (AvgIpc) is 3.30. The van der Waals surface area contributed by atoms with Crippen molar-refractivity contribution < 1.29 is 28.6 Å². The Labute approximate surface area is 171 Å². The molecule has 4 atom stereocenters. The number of ether oxygens (including phenoxy) is 2. The topological polar surface area (TPSA) is 123 Å². The summed E-state index contributed by atoms with van der Waals surface area (Å²) in [7, 11) is 0. The molecule has 4 rings (SSSR count). The van der Waals surface area contributed by atoms with Crippen molar-refractivity contribution in [2.45, 2.75) is 37.1 Å². The average molecular weight is 416 g/mol. The van der Waals surface area contributed by atoms with Gasteiger partial charge in [-0.1, -0.05) is 12.1 Å². The van der Waals surface area contributed by atoms with Crippen LogP contribution in [0.4, 0.5) is 10.3 Å². The summed E-state index contributed by atoms with van der Waals surface area (Å²) in [6, 6.07) is 7.28. The Bertz CT molecular complexity index is 943. The van der Waals surface area contributed by atoms with E-state index in [9.17, 15) is 14.0 Å². The Morgan fingerprint density at radius 3 is 2.67 bits per heavy atom. The van der Waals surface area contributed by atoms with E-state index in [1.807, 2.05) is 0 Å². The number of carbonyl (C=O) groups is 2. The lowest BCUT2D eigenvalue weighted by molar-refractivity contribution is -0.139. The summed E-state index contributed by atoms with van der Waals surface area (Å²) in [5.41, 5.74) is 1.22. The third kappa shape index (κ3) is 4.55. The van der Waals surface area contributed by atoms with Crippen LogP contribution in [0.5, 0.6) is 0 Å². The van der Waals surface area contributed by atoms with Crippen LogP contribution in [-0.2, 0) is 19.1 Å². The van der Waals surface area contributed by atoms with Gasteiger partial charge < -0.3 is 25.2 Å². The first-order valence-electron chi connectivity index (χ1n) is 9.59. The number of benzene rings is 1. The molecule has 0 aliphatic carbocycles. The van der Waals surface area contributed by atoms with Crippen LogP contribution in [0.3, 0.4) is 0 Å². The molecule has 0 bridgehead atoms. The van der Waals surface area contributed by atoms with E-state index in [1.165, 1.54) is 12.1 Å². The summed E-state index contributed by atoms with van der Waals surface area (Å²) in [5, 5.41) is 14.7. The Morgan fingerprint density at radius 2 is 1.90 bits per heavy atom. The fourth-order valence-electron chi connectivity index (χ4n) is 3.65. The van der Waals surface area contributed by atoms with Gasteiger partial charge in [-0.3, -0.25) is 9.59 Å². The van der Waals surface area contributed by atoms with E-state index in [2.05, 4.69) is 20.6 Å². The highest BCUT2D eigenvalue weighted by atomic mass is 19.1. The predicted molar refractivity (Wildman–Crippen MR) is 103 cm³/mol. The van der Waals surface area contributed by atoms with Gasteiger partial charge in [0, 0.05) is 18.2 Å². The minimum absolute atomic E-state index is 0.0917. The molecule has 158 valence electrons. The number of amides is 1. The molecule has 1 aromatic heterocycles. The summed E-state index contributed by atoms with van der Waals surface area (Å²) in [6.07, 6.45) is 0.617. The van der Waals surface area contributed by atoms with Gasteiger partial charge in [-0.05, 0) is 18.2 Å². The molecule has 10 heteroatoms. The van der Waals surface area contributed by atoms with Crippen LogP contribution in [0, 0.1) is 5.82 Å². The summed E-state index contributed by atoms with van der Waals surface area (Å²) in [6.45, 7) is 0.612. The van der Waals surface area contributed by atoms with E-state index in [0.29, 0.717) is 23.8 Å². The van der Waals surface area contributed by atoms with E-state index in [4.69, 9.17) is 14.6 Å². The Morgan fingerprint density at radius 1 is 1.13 bits per heavy atom. The van der Waals surface area contributed by atoms with Crippen molar-refractivity contribution in [3.63, 3.8) is 0 Å². The van der Waals surface area contributed by atoms with Crippen molar-refractivity contribution in [2.24, 2.45) is 0 Å². The maximum Gasteiger partial charge on any atom is 0.303 e. The van der Waals surface area contributed by atoms with Gasteiger partial charge in [-0.25, -0.2) is 14.4 Å². The zero-order valence-corrected chi connectivity index (χ0v) is 16.0. The minimum atomic E-state index is -1.02. The SMILES string of the molecule is O=C(O)CCC(=O)N[C@H]1CO[C@H]2[C@@H]1OC[C@@H]2Nc1nccc(-c2cccc(F)c2)n1. The summed E-state index contributed by atoms with van der Waals surface area (Å²) < 4.78 is 25.1. The molecule has 1 amide bonds. The number of fused-ring (bicyclic) bond motifs is 1. The van der Waals surface area contributed by atoms with Crippen LogP contribution in [-0.4, -0.2) is 64.5 Å². The van der Waals surface area contributed by atoms with Crippen molar-refractivity contribution in [3.05, 3.63) is 42.3 Å². The third-order valence-corrected chi connectivity index (χ3v) is 5.06. The number of nitrogens with zero attached hydrogens (tertiary/aromatic N) is 2. The van der Waals surface area contributed by atoms with Crippen molar-refractivity contribution in [2.75, 3.05) is 18.5 Å². The van der Waals surface area contributed by atoms with Gasteiger partial charge in [0.15, 0.2) is 0 Å². The van der Waals surface area contributed by atoms with E-state index in [-0.39, 0.29) is 55.5 Å². The second kappa shape index (κ2) is 8.72. The lowest BCUT2D eigenvalue weighted by atomic mass is 10.1. The van der Waals surface area contributed by atoms with Crippen LogP contribution in [0.15, 0.2) is 36.5 Å². The Kier molecular flexibility index (Phi) is 5.86. The number of carbonyl (C=O) groups excluding carboxylic acids is 1. The third-order valence-electron chi connectivity index (χ3n) is 5.06. The quantitative estimate of drug-likeness (QED) is 0.616. The molecule has 1 aromatic carbocycles. The number of hydrogen-bond acceptors (Lipinski definition) is 7. The zero-order chi connectivity index (χ0) is 21.1. The van der Waals surface area contributed by atoms with Gasteiger partial charge in [0.05, 0.1) is 37.4 Å². The number of anilines is 1. The maximum atomic E-state index is 13.5. The van der Waals surface area contributed by atoms with Gasteiger partial charge in [-0.2, -0.15) is 0 Å². The number of aliphatic carboxylic acids is 1. The number of aromatic nitrogens is 2. The highest BCUT2D eigenvalue weighted by molar-refractivity contribution is 5.80. The smallest absolute Gasteiger partial charge is 0.303 e.